The molecule has 0 amide bonds. The first-order valence-electron chi connectivity index (χ1n) is 8.24. The van der Waals surface area contributed by atoms with Crippen LogP contribution in [0.15, 0.2) is 24.5 Å². The van der Waals surface area contributed by atoms with E-state index in [1.54, 1.807) is 12.1 Å². The van der Waals surface area contributed by atoms with Crippen LogP contribution in [0.1, 0.15) is 25.3 Å². The summed E-state index contributed by atoms with van der Waals surface area (Å²) >= 11 is 6.13. The van der Waals surface area contributed by atoms with Crippen molar-refractivity contribution in [2.75, 3.05) is 23.3 Å². The summed E-state index contributed by atoms with van der Waals surface area (Å²) < 4.78 is 0. The van der Waals surface area contributed by atoms with E-state index in [9.17, 15) is 10.1 Å². The quantitative estimate of drug-likeness (QED) is 0.644. The molecule has 1 saturated heterocycles. The van der Waals surface area contributed by atoms with Crippen molar-refractivity contribution >= 4 is 34.6 Å². The van der Waals surface area contributed by atoms with Gasteiger partial charge in [0.05, 0.1) is 4.92 Å². The molecule has 3 rings (SSSR count). The normalized spacial score (nSPS) is 15.2. The first-order valence-corrected chi connectivity index (χ1v) is 8.61. The Labute approximate surface area is 151 Å². The summed E-state index contributed by atoms with van der Waals surface area (Å²) in [5, 5.41) is 15.4. The number of rotatable bonds is 4. The fraction of sp³-hybridized carbons (Fsp3) is 0.412. The Morgan fingerprint density at radius 2 is 2.04 bits per heavy atom. The summed E-state index contributed by atoms with van der Waals surface area (Å²) in [7, 11) is 0. The fourth-order valence-electron chi connectivity index (χ4n) is 2.95. The molecule has 7 nitrogen and oxygen atoms in total. The molecule has 0 saturated carbocycles. The van der Waals surface area contributed by atoms with Gasteiger partial charge >= 0.3 is 5.69 Å². The van der Waals surface area contributed by atoms with E-state index >= 15 is 0 Å². The van der Waals surface area contributed by atoms with Crippen molar-refractivity contribution in [1.82, 2.24) is 9.97 Å². The monoisotopic (exact) mass is 361 g/mol. The average molecular weight is 362 g/mol. The van der Waals surface area contributed by atoms with E-state index in [0.717, 1.165) is 31.5 Å². The number of aromatic nitrogens is 2. The maximum Gasteiger partial charge on any atom is 0.353 e. The standard InChI is InChI=1S/C17H20ClN5O2/c1-11-6-8-22(9-7-11)17-15(23(24)25)16(19-10-20-17)21-14-5-3-4-13(18)12(14)2/h3-5,10-11H,6-9H2,1-2H3,(H,19,20,21). The van der Waals surface area contributed by atoms with Crippen LogP contribution in [0.3, 0.4) is 0 Å². The predicted octanol–water partition coefficient (Wildman–Crippen LogP) is 4.33. The minimum absolute atomic E-state index is 0.101. The van der Waals surface area contributed by atoms with Gasteiger partial charge in [-0.3, -0.25) is 10.1 Å². The van der Waals surface area contributed by atoms with Gasteiger partial charge in [0.2, 0.25) is 11.6 Å². The Hall–Kier alpha value is -2.41. The SMILES string of the molecule is Cc1c(Cl)cccc1Nc1ncnc(N2CCC(C)CC2)c1[N+](=O)[O-]. The number of benzene rings is 1. The smallest absolute Gasteiger partial charge is 0.351 e. The van der Waals surface area contributed by atoms with Crippen LogP contribution in [-0.4, -0.2) is 28.0 Å². The molecule has 1 aromatic carbocycles. The van der Waals surface area contributed by atoms with Crippen molar-refractivity contribution in [3.8, 4) is 0 Å². The molecule has 8 heteroatoms. The molecule has 2 aromatic rings. The van der Waals surface area contributed by atoms with Gasteiger partial charge in [-0.2, -0.15) is 0 Å². The Balaban J connectivity index is 1.98. The lowest BCUT2D eigenvalue weighted by molar-refractivity contribution is -0.383. The molecule has 1 aliphatic rings. The van der Waals surface area contributed by atoms with E-state index in [4.69, 9.17) is 11.6 Å². The van der Waals surface area contributed by atoms with Crippen LogP contribution < -0.4 is 10.2 Å². The summed E-state index contributed by atoms with van der Waals surface area (Å²) in [5.41, 5.74) is 1.40. The third-order valence-corrected chi connectivity index (χ3v) is 5.00. The zero-order valence-corrected chi connectivity index (χ0v) is 15.0. The van der Waals surface area contributed by atoms with Crippen LogP contribution in [0, 0.1) is 23.0 Å². The number of hydrogen-bond donors (Lipinski definition) is 1. The molecule has 1 aromatic heterocycles. The lowest BCUT2D eigenvalue weighted by Gasteiger charge is -2.30. The summed E-state index contributed by atoms with van der Waals surface area (Å²) in [6.07, 6.45) is 3.36. The molecule has 1 aliphatic heterocycles. The third kappa shape index (κ3) is 3.66. The minimum atomic E-state index is -0.421. The van der Waals surface area contributed by atoms with Crippen molar-refractivity contribution in [3.63, 3.8) is 0 Å². The van der Waals surface area contributed by atoms with E-state index < -0.39 is 4.92 Å². The van der Waals surface area contributed by atoms with Gasteiger partial charge in [0.1, 0.15) is 6.33 Å². The first kappa shape index (κ1) is 17.4. The van der Waals surface area contributed by atoms with Crippen LogP contribution >= 0.6 is 11.6 Å². The molecule has 0 unspecified atom stereocenters. The Morgan fingerprint density at radius 3 is 2.72 bits per heavy atom. The van der Waals surface area contributed by atoms with Crippen LogP contribution in [0.2, 0.25) is 5.02 Å². The van der Waals surface area contributed by atoms with Crippen LogP contribution in [-0.2, 0) is 0 Å². The maximum atomic E-state index is 11.7. The first-order chi connectivity index (χ1) is 12.0. The van der Waals surface area contributed by atoms with Crippen LogP contribution in [0.5, 0.6) is 0 Å². The Morgan fingerprint density at radius 1 is 1.32 bits per heavy atom. The number of nitrogens with one attached hydrogen (secondary N) is 1. The van der Waals surface area contributed by atoms with Gasteiger partial charge < -0.3 is 10.2 Å². The van der Waals surface area contributed by atoms with Crippen molar-refractivity contribution in [2.24, 2.45) is 5.92 Å². The summed E-state index contributed by atoms with van der Waals surface area (Å²) in [5.74, 6) is 1.18. The third-order valence-electron chi connectivity index (χ3n) is 4.59. The highest BCUT2D eigenvalue weighted by atomic mass is 35.5. The van der Waals surface area contributed by atoms with Gasteiger partial charge in [-0.05, 0) is 43.4 Å². The highest BCUT2D eigenvalue weighted by Gasteiger charge is 2.29. The second-order valence-corrected chi connectivity index (χ2v) is 6.77. The van der Waals surface area contributed by atoms with E-state index in [1.807, 2.05) is 17.9 Å². The largest absolute Gasteiger partial charge is 0.353 e. The van der Waals surface area contributed by atoms with Gasteiger partial charge in [-0.1, -0.05) is 24.6 Å². The van der Waals surface area contributed by atoms with Crippen molar-refractivity contribution in [1.29, 1.82) is 0 Å². The Bertz CT molecular complexity index is 791. The molecule has 25 heavy (non-hydrogen) atoms. The number of anilines is 3. The predicted molar refractivity (Wildman–Crippen MR) is 98.8 cm³/mol. The molecule has 1 N–H and O–H groups in total. The summed E-state index contributed by atoms with van der Waals surface area (Å²) in [6, 6.07) is 5.38. The lowest BCUT2D eigenvalue weighted by atomic mass is 9.99. The molecule has 132 valence electrons. The van der Waals surface area contributed by atoms with Gasteiger partial charge in [-0.15, -0.1) is 0 Å². The molecule has 2 heterocycles. The summed E-state index contributed by atoms with van der Waals surface area (Å²) in [4.78, 5) is 21.6. The molecule has 0 atom stereocenters. The van der Waals surface area contributed by atoms with Gasteiger partial charge in [0.25, 0.3) is 0 Å². The number of nitro groups is 1. The number of nitrogens with zero attached hydrogens (tertiary/aromatic N) is 4. The Kier molecular flexibility index (Phi) is 5.03. The molecule has 0 aliphatic carbocycles. The number of hydrogen-bond acceptors (Lipinski definition) is 6. The van der Waals surface area contributed by atoms with E-state index in [2.05, 4.69) is 22.2 Å². The highest BCUT2D eigenvalue weighted by Crippen LogP contribution is 2.36. The van der Waals surface area contributed by atoms with Crippen molar-refractivity contribution in [3.05, 3.63) is 45.2 Å². The zero-order chi connectivity index (χ0) is 18.0. The van der Waals surface area contributed by atoms with E-state index in [1.165, 1.54) is 6.33 Å². The number of halogens is 1. The van der Waals surface area contributed by atoms with Gasteiger partial charge in [0.15, 0.2) is 0 Å². The molecular formula is C17H20ClN5O2. The topological polar surface area (TPSA) is 84.2 Å². The second kappa shape index (κ2) is 7.23. The number of piperidine rings is 1. The lowest BCUT2D eigenvalue weighted by Crippen LogP contribution is -2.34. The van der Waals surface area contributed by atoms with Crippen LogP contribution in [0.4, 0.5) is 23.0 Å². The average Bonchev–Trinajstić information content (AvgIpc) is 2.59. The molecule has 0 spiro atoms. The molecule has 0 radical (unpaired) electrons. The second-order valence-electron chi connectivity index (χ2n) is 6.36. The van der Waals surface area contributed by atoms with Crippen molar-refractivity contribution in [2.45, 2.75) is 26.7 Å². The zero-order valence-electron chi connectivity index (χ0n) is 14.2. The highest BCUT2D eigenvalue weighted by molar-refractivity contribution is 6.31. The molecule has 0 bridgehead atoms. The van der Waals surface area contributed by atoms with Gasteiger partial charge in [-0.25, -0.2) is 9.97 Å². The van der Waals surface area contributed by atoms with Crippen LogP contribution in [0.25, 0.3) is 0 Å². The minimum Gasteiger partial charge on any atom is -0.351 e. The summed E-state index contributed by atoms with van der Waals surface area (Å²) in [6.45, 7) is 5.56. The molecular weight excluding hydrogens is 342 g/mol. The van der Waals surface area contributed by atoms with Gasteiger partial charge in [0, 0.05) is 23.8 Å². The fourth-order valence-corrected chi connectivity index (χ4v) is 3.13. The maximum absolute atomic E-state index is 11.7. The van der Waals surface area contributed by atoms with E-state index in [0.29, 0.717) is 22.4 Å². The van der Waals surface area contributed by atoms with Crippen molar-refractivity contribution < 1.29 is 4.92 Å². The molecule has 1 fully saturated rings. The van der Waals surface area contributed by atoms with E-state index in [-0.39, 0.29) is 11.5 Å².